The van der Waals surface area contributed by atoms with Crippen LogP contribution in [-0.4, -0.2) is 21.3 Å². The van der Waals surface area contributed by atoms with Gasteiger partial charge in [0.05, 0.1) is 0 Å². The molecule has 6 nitrogen and oxygen atoms in total. The molecule has 0 radical (unpaired) electrons. The zero-order chi connectivity index (χ0) is 9.47. The predicted octanol–water partition coefficient (Wildman–Crippen LogP) is -1.40. The van der Waals surface area contributed by atoms with E-state index < -0.39 is 0 Å². The van der Waals surface area contributed by atoms with E-state index in [4.69, 9.17) is 5.73 Å². The first-order valence-corrected chi connectivity index (χ1v) is 4.24. The lowest BCUT2D eigenvalue weighted by molar-refractivity contribution is 0.419. The van der Waals surface area contributed by atoms with Crippen molar-refractivity contribution in [2.75, 3.05) is 6.54 Å². The Kier molecular flexibility index (Phi) is 1.66. The van der Waals surface area contributed by atoms with Gasteiger partial charge in [-0.1, -0.05) is 0 Å². The van der Waals surface area contributed by atoms with Gasteiger partial charge in [0, 0.05) is 12.0 Å². The molecule has 1 aliphatic carbocycles. The summed E-state index contributed by atoms with van der Waals surface area (Å²) in [5, 5.41) is 4.48. The second-order valence-corrected chi connectivity index (χ2v) is 3.65. The smallest absolute Gasteiger partial charge is 0.330 e. The third-order valence-electron chi connectivity index (χ3n) is 2.65. The van der Waals surface area contributed by atoms with Crippen LogP contribution in [0.2, 0.25) is 0 Å². The zero-order valence-corrected chi connectivity index (χ0v) is 7.17. The fourth-order valence-electron chi connectivity index (χ4n) is 1.42. The number of nitrogens with zero attached hydrogens (tertiary/aromatic N) is 1. The maximum atomic E-state index is 11.1. The number of H-pyrrole nitrogens is 2. The lowest BCUT2D eigenvalue weighted by atomic mass is 10.1. The van der Waals surface area contributed by atoms with E-state index >= 15 is 0 Å². The average Bonchev–Trinajstić information content (AvgIpc) is 2.84. The molecule has 1 fully saturated rings. The summed E-state index contributed by atoms with van der Waals surface area (Å²) in [5.41, 5.74) is 4.78. The minimum atomic E-state index is -0.385. The second kappa shape index (κ2) is 2.59. The fraction of sp³-hybridized carbons (Fsp3) is 0.714. The average molecular weight is 184 g/mol. The number of nitrogens with two attached hydrogens (primary N) is 1. The van der Waals surface area contributed by atoms with Crippen LogP contribution in [0.1, 0.15) is 12.8 Å². The molecule has 1 aromatic heterocycles. The molecule has 4 N–H and O–H groups in total. The first-order chi connectivity index (χ1) is 6.17. The van der Waals surface area contributed by atoms with Gasteiger partial charge in [-0.05, 0) is 19.4 Å². The van der Waals surface area contributed by atoms with Gasteiger partial charge in [0.15, 0.2) is 0 Å². The van der Waals surface area contributed by atoms with E-state index in [0.717, 1.165) is 12.8 Å². The molecular formula is C7H12N4O2. The van der Waals surface area contributed by atoms with E-state index in [0.29, 0.717) is 13.1 Å². The number of hydrogen-bond donors (Lipinski definition) is 3. The van der Waals surface area contributed by atoms with Crippen molar-refractivity contribution in [1.82, 2.24) is 14.8 Å². The Hall–Kier alpha value is -1.30. The van der Waals surface area contributed by atoms with Crippen LogP contribution in [0, 0.1) is 5.41 Å². The largest absolute Gasteiger partial charge is 0.344 e. The lowest BCUT2D eigenvalue weighted by Gasteiger charge is -2.09. The SMILES string of the molecule is NCC1(Cn2c(=O)[nH][nH]c2=O)CC1. The topological polar surface area (TPSA) is 96.7 Å². The van der Waals surface area contributed by atoms with E-state index in [1.165, 1.54) is 4.57 Å². The van der Waals surface area contributed by atoms with Crippen molar-refractivity contribution < 1.29 is 0 Å². The quantitative estimate of drug-likeness (QED) is 0.539. The molecular weight excluding hydrogens is 172 g/mol. The van der Waals surface area contributed by atoms with Crippen molar-refractivity contribution in [2.45, 2.75) is 19.4 Å². The van der Waals surface area contributed by atoms with E-state index in [9.17, 15) is 9.59 Å². The molecule has 0 saturated heterocycles. The highest BCUT2D eigenvalue weighted by atomic mass is 16.2. The molecule has 1 heterocycles. The van der Waals surface area contributed by atoms with Gasteiger partial charge in [-0.25, -0.2) is 24.4 Å². The van der Waals surface area contributed by atoms with E-state index in [2.05, 4.69) is 10.2 Å². The molecule has 0 unspecified atom stereocenters. The summed E-state index contributed by atoms with van der Waals surface area (Å²) in [6.45, 7) is 0.964. The Morgan fingerprint density at radius 3 is 2.23 bits per heavy atom. The van der Waals surface area contributed by atoms with Crippen molar-refractivity contribution >= 4 is 0 Å². The zero-order valence-electron chi connectivity index (χ0n) is 7.17. The monoisotopic (exact) mass is 184 g/mol. The summed E-state index contributed by atoms with van der Waals surface area (Å²) in [4.78, 5) is 22.2. The van der Waals surface area contributed by atoms with Crippen molar-refractivity contribution in [3.8, 4) is 0 Å². The molecule has 1 aliphatic rings. The third kappa shape index (κ3) is 1.33. The molecule has 6 heteroatoms. The Morgan fingerprint density at radius 2 is 1.85 bits per heavy atom. The Labute approximate surface area is 73.7 Å². The highest BCUT2D eigenvalue weighted by Gasteiger charge is 2.42. The number of aromatic amines is 2. The number of rotatable bonds is 3. The minimum Gasteiger partial charge on any atom is -0.330 e. The van der Waals surface area contributed by atoms with Gasteiger partial charge in [-0.2, -0.15) is 0 Å². The van der Waals surface area contributed by atoms with Crippen molar-refractivity contribution in [3.63, 3.8) is 0 Å². The number of aromatic nitrogens is 3. The summed E-state index contributed by atoms with van der Waals surface area (Å²) in [7, 11) is 0. The second-order valence-electron chi connectivity index (χ2n) is 3.65. The van der Waals surface area contributed by atoms with Crippen LogP contribution < -0.4 is 17.1 Å². The molecule has 0 spiro atoms. The van der Waals surface area contributed by atoms with Gasteiger partial charge in [0.2, 0.25) is 0 Å². The van der Waals surface area contributed by atoms with Crippen LogP contribution in [0.4, 0.5) is 0 Å². The van der Waals surface area contributed by atoms with Crippen molar-refractivity contribution in [2.24, 2.45) is 11.1 Å². The molecule has 1 saturated carbocycles. The normalized spacial score (nSPS) is 18.8. The van der Waals surface area contributed by atoms with Gasteiger partial charge in [0.25, 0.3) is 0 Å². The molecule has 13 heavy (non-hydrogen) atoms. The summed E-state index contributed by atoms with van der Waals surface area (Å²) >= 11 is 0. The first-order valence-electron chi connectivity index (χ1n) is 4.24. The maximum absolute atomic E-state index is 11.1. The highest BCUT2D eigenvalue weighted by Crippen LogP contribution is 2.45. The summed E-state index contributed by atoms with van der Waals surface area (Å²) in [6, 6.07) is 0. The molecule has 2 rings (SSSR count). The summed E-state index contributed by atoms with van der Waals surface area (Å²) in [6.07, 6.45) is 2.00. The van der Waals surface area contributed by atoms with E-state index in [1.807, 2.05) is 0 Å². The Balaban J connectivity index is 2.28. The predicted molar refractivity (Wildman–Crippen MR) is 46.4 cm³/mol. The molecule has 0 aliphatic heterocycles. The number of nitrogens with one attached hydrogen (secondary N) is 2. The maximum Gasteiger partial charge on any atom is 0.344 e. The van der Waals surface area contributed by atoms with Crippen LogP contribution in [0.3, 0.4) is 0 Å². The van der Waals surface area contributed by atoms with Crippen LogP contribution in [0.5, 0.6) is 0 Å². The van der Waals surface area contributed by atoms with E-state index in [-0.39, 0.29) is 16.8 Å². The summed E-state index contributed by atoms with van der Waals surface area (Å²) in [5.74, 6) is 0. The van der Waals surface area contributed by atoms with Crippen LogP contribution in [0.15, 0.2) is 9.59 Å². The fourth-order valence-corrected chi connectivity index (χ4v) is 1.42. The number of hydrogen-bond acceptors (Lipinski definition) is 3. The third-order valence-corrected chi connectivity index (χ3v) is 2.65. The molecule has 72 valence electrons. The van der Waals surface area contributed by atoms with Crippen molar-refractivity contribution in [3.05, 3.63) is 21.0 Å². The molecule has 0 aromatic carbocycles. The Morgan fingerprint density at radius 1 is 1.31 bits per heavy atom. The van der Waals surface area contributed by atoms with Gasteiger partial charge >= 0.3 is 11.4 Å². The first kappa shape index (κ1) is 8.31. The molecule has 1 aromatic rings. The minimum absolute atomic E-state index is 0.000972. The van der Waals surface area contributed by atoms with E-state index in [1.54, 1.807) is 0 Å². The summed E-state index contributed by atoms with van der Waals surface area (Å²) < 4.78 is 1.17. The van der Waals surface area contributed by atoms with Crippen molar-refractivity contribution in [1.29, 1.82) is 0 Å². The molecule has 0 amide bonds. The Bertz CT molecular complexity index is 381. The van der Waals surface area contributed by atoms with Gasteiger partial charge in [-0.15, -0.1) is 0 Å². The lowest BCUT2D eigenvalue weighted by Crippen LogP contribution is -2.33. The van der Waals surface area contributed by atoms with Crippen LogP contribution >= 0.6 is 0 Å². The van der Waals surface area contributed by atoms with Gasteiger partial charge in [-0.3, -0.25) is 0 Å². The van der Waals surface area contributed by atoms with Crippen LogP contribution in [0.25, 0.3) is 0 Å². The van der Waals surface area contributed by atoms with Gasteiger partial charge < -0.3 is 5.73 Å². The van der Waals surface area contributed by atoms with Gasteiger partial charge in [0.1, 0.15) is 0 Å². The van der Waals surface area contributed by atoms with Crippen LogP contribution in [-0.2, 0) is 6.54 Å². The molecule has 0 atom stereocenters. The molecule has 0 bridgehead atoms. The highest BCUT2D eigenvalue weighted by molar-refractivity contribution is 4.94. The standard InChI is InChI=1S/C7H12N4O2/c8-3-7(1-2-7)4-11-5(12)9-10-6(11)13/h1-4,8H2,(H,9,12)(H,10,13).